The molecule has 0 aliphatic carbocycles. The molecule has 0 aromatic heterocycles. The fourth-order valence-electron chi connectivity index (χ4n) is 1.44. The quantitative estimate of drug-likeness (QED) is 0.292. The van der Waals surface area contributed by atoms with Gasteiger partial charge < -0.3 is 19.8 Å². The van der Waals surface area contributed by atoms with Gasteiger partial charge >= 0.3 is 23.9 Å². The molecule has 0 spiro atoms. The fourth-order valence-corrected chi connectivity index (χ4v) is 1.44. The van der Waals surface area contributed by atoms with Gasteiger partial charge in [-0.3, -0.25) is 20.2 Å². The van der Waals surface area contributed by atoms with Crippen LogP contribution in [0.2, 0.25) is 0 Å². The molecule has 0 aliphatic rings. The molecule has 0 amide bonds. The maximum absolute atomic E-state index is 10.2. The van der Waals surface area contributed by atoms with Crippen molar-refractivity contribution >= 4 is 47.2 Å². The minimum absolute atomic E-state index is 0. The molecule has 11 heteroatoms. The summed E-state index contributed by atoms with van der Waals surface area (Å²) in [5, 5.41) is 40.7. The van der Waals surface area contributed by atoms with E-state index in [0.29, 0.717) is 0 Å². The van der Waals surface area contributed by atoms with E-state index in [1.807, 2.05) is 0 Å². The first-order valence-electron chi connectivity index (χ1n) is 9.97. The molecule has 0 aliphatic heterocycles. The smallest absolute Gasteiger partial charge is 0.545 e. The number of carbonyl (C=O) groups is 2. The summed E-state index contributed by atoms with van der Waals surface area (Å²) < 4.78 is 0. The maximum Gasteiger partial charge on any atom is 2.00 e. The molecule has 178 valence electrons. The Kier molecular flexibility index (Phi) is 21.9. The van der Waals surface area contributed by atoms with Crippen LogP contribution in [0.5, 0.6) is 0 Å². The van der Waals surface area contributed by atoms with Gasteiger partial charge in [-0.15, -0.1) is 0 Å². The minimum Gasteiger partial charge on any atom is -0.545 e. The molecule has 0 unspecified atom stereocenters. The molecule has 10 nitrogen and oxygen atoms in total. The molecule has 0 bridgehead atoms. The van der Waals surface area contributed by atoms with Crippen molar-refractivity contribution in [2.45, 2.75) is 53.4 Å². The minimum atomic E-state index is -1.34. The van der Waals surface area contributed by atoms with Gasteiger partial charge in [0.1, 0.15) is 0 Å². The Morgan fingerprint density at radius 3 is 0.939 bits per heavy atom. The van der Waals surface area contributed by atoms with Crippen LogP contribution >= 0.6 is 0 Å². The van der Waals surface area contributed by atoms with Gasteiger partial charge in [0.05, 0.1) is 21.8 Å². The first-order valence-corrected chi connectivity index (χ1v) is 9.97. The summed E-state index contributed by atoms with van der Waals surface area (Å²) in [6.45, 7) is 8.72. The van der Waals surface area contributed by atoms with E-state index in [2.05, 4.69) is 27.7 Å². The van der Waals surface area contributed by atoms with Gasteiger partial charge in [0.2, 0.25) is 0 Å². The number of hydrogen-bond acceptors (Lipinski definition) is 8. The van der Waals surface area contributed by atoms with Crippen molar-refractivity contribution in [3.8, 4) is 0 Å². The van der Waals surface area contributed by atoms with Gasteiger partial charge in [0, 0.05) is 24.3 Å². The molecular formula is C22H28N2O8Sn. The zero-order valence-electron chi connectivity index (χ0n) is 19.1. The van der Waals surface area contributed by atoms with Crippen LogP contribution in [0.4, 0.5) is 11.4 Å². The Balaban J connectivity index is -0.000000405. The van der Waals surface area contributed by atoms with Crippen molar-refractivity contribution in [1.29, 1.82) is 0 Å². The number of carbonyl (C=O) groups excluding carboxylic acids is 2. The number of aromatic carboxylic acids is 2. The predicted octanol–water partition coefficient (Wildman–Crippen LogP) is 3.15. The van der Waals surface area contributed by atoms with Crippen molar-refractivity contribution < 1.29 is 29.6 Å². The van der Waals surface area contributed by atoms with Gasteiger partial charge in [-0.2, -0.15) is 0 Å². The number of hydrogen-bond donors (Lipinski definition) is 0. The summed E-state index contributed by atoms with van der Waals surface area (Å²) in [6, 6.07) is 8.99. The van der Waals surface area contributed by atoms with Crippen molar-refractivity contribution in [2.75, 3.05) is 0 Å². The van der Waals surface area contributed by atoms with Gasteiger partial charge in [-0.25, -0.2) is 0 Å². The molecule has 0 heterocycles. The predicted molar refractivity (Wildman–Crippen MR) is 122 cm³/mol. The zero-order chi connectivity index (χ0) is 25.1. The van der Waals surface area contributed by atoms with Crippen LogP contribution in [0, 0.1) is 20.2 Å². The third-order valence-electron chi connectivity index (χ3n) is 3.63. The molecule has 2 aromatic carbocycles. The van der Waals surface area contributed by atoms with Crippen LogP contribution in [0.25, 0.3) is 0 Å². The van der Waals surface area contributed by atoms with Crippen LogP contribution < -0.4 is 10.2 Å². The normalized spacial score (nSPS) is 8.61. The third kappa shape index (κ3) is 17.2. The van der Waals surface area contributed by atoms with E-state index in [1.165, 1.54) is 25.7 Å². The first-order chi connectivity index (χ1) is 15.0. The Bertz CT molecular complexity index is 699. The van der Waals surface area contributed by atoms with Crippen LogP contribution in [-0.2, 0) is 0 Å². The molecule has 0 saturated heterocycles. The number of non-ortho nitro benzene ring substituents is 2. The molecule has 2 aromatic rings. The number of nitro benzene ring substituents is 2. The molecule has 0 saturated carbocycles. The average molecular weight is 567 g/mol. The fraction of sp³-hybridized carbons (Fsp3) is 0.364. The van der Waals surface area contributed by atoms with Crippen LogP contribution in [0.3, 0.4) is 0 Å². The zero-order valence-corrected chi connectivity index (χ0v) is 22.0. The van der Waals surface area contributed by atoms with Crippen molar-refractivity contribution in [1.82, 2.24) is 0 Å². The second-order valence-corrected chi connectivity index (χ2v) is 6.18. The molecule has 0 N–H and O–H groups in total. The first kappa shape index (κ1) is 34.6. The number of unbranched alkanes of at least 4 members (excludes halogenated alkanes) is 2. The van der Waals surface area contributed by atoms with E-state index in [-0.39, 0.29) is 46.4 Å². The van der Waals surface area contributed by atoms with E-state index in [1.54, 1.807) is 0 Å². The van der Waals surface area contributed by atoms with Crippen molar-refractivity contribution in [2.24, 2.45) is 0 Å². The molecule has 2 rings (SSSR count). The van der Waals surface area contributed by atoms with E-state index in [4.69, 9.17) is 0 Å². The van der Waals surface area contributed by atoms with E-state index >= 15 is 0 Å². The molecule has 33 heavy (non-hydrogen) atoms. The Labute approximate surface area is 209 Å². The Morgan fingerprint density at radius 2 is 0.818 bits per heavy atom. The summed E-state index contributed by atoms with van der Waals surface area (Å²) in [5.41, 5.74) is -0.416. The number of rotatable bonds is 6. The largest absolute Gasteiger partial charge is 2.00 e. The third-order valence-corrected chi connectivity index (χ3v) is 3.63. The number of carboxylic acids is 2. The van der Waals surface area contributed by atoms with E-state index < -0.39 is 21.8 Å². The summed E-state index contributed by atoms with van der Waals surface area (Å²) >= 11 is 0. The van der Waals surface area contributed by atoms with Gasteiger partial charge in [-0.05, 0) is 35.4 Å². The molecule has 2 radical (unpaired) electrons. The SMILES string of the molecule is CCCC.CCCC.O=C([O-])c1ccc([N+](=O)[O-])cc1.O=C([O-])c1ccc([N+](=O)[O-])cc1.[Sn+2]. The Morgan fingerprint density at radius 1 is 0.606 bits per heavy atom. The monoisotopic (exact) mass is 568 g/mol. The second kappa shape index (κ2) is 20.9. The number of carboxylic acid groups (broad SMARTS) is 2. The van der Waals surface area contributed by atoms with Crippen molar-refractivity contribution in [3.05, 3.63) is 79.9 Å². The maximum atomic E-state index is 10.2. The Hall–Kier alpha value is -3.02. The summed E-state index contributed by atoms with van der Waals surface area (Å²) in [5.74, 6) is -2.69. The number of benzene rings is 2. The van der Waals surface area contributed by atoms with E-state index in [9.17, 15) is 40.0 Å². The topological polar surface area (TPSA) is 167 Å². The van der Waals surface area contributed by atoms with Crippen LogP contribution in [-0.4, -0.2) is 45.7 Å². The summed E-state index contributed by atoms with van der Waals surface area (Å²) in [4.78, 5) is 39.5. The second-order valence-electron chi connectivity index (χ2n) is 6.18. The molecule has 0 fully saturated rings. The van der Waals surface area contributed by atoms with Gasteiger partial charge in [0.25, 0.3) is 11.4 Å². The van der Waals surface area contributed by atoms with Crippen LogP contribution in [0.1, 0.15) is 74.1 Å². The number of nitrogens with zero attached hydrogens (tertiary/aromatic N) is 2. The molecule has 0 atom stereocenters. The number of nitro groups is 2. The van der Waals surface area contributed by atoms with Crippen molar-refractivity contribution in [3.63, 3.8) is 0 Å². The van der Waals surface area contributed by atoms with Gasteiger partial charge in [0.15, 0.2) is 0 Å². The standard InChI is InChI=1S/2C7H5NO4.2C4H10.Sn/c2*9-7(10)5-1-3-6(4-2-5)8(11)12;2*1-3-4-2;/h2*1-4H,(H,9,10);2*3-4H2,1-2H3;/q;;;;+2/p-2. The van der Waals surface area contributed by atoms with Crippen LogP contribution in [0.15, 0.2) is 48.5 Å². The molecular weight excluding hydrogens is 539 g/mol. The average Bonchev–Trinajstić information content (AvgIpc) is 2.79. The summed E-state index contributed by atoms with van der Waals surface area (Å²) in [6.07, 6.45) is 5.28. The van der Waals surface area contributed by atoms with E-state index in [0.717, 1.165) is 48.5 Å². The van der Waals surface area contributed by atoms with Gasteiger partial charge in [-0.1, -0.05) is 53.4 Å². The summed E-state index contributed by atoms with van der Waals surface area (Å²) in [7, 11) is 0.